The Morgan fingerprint density at radius 2 is 2.22 bits per heavy atom. The third kappa shape index (κ3) is 3.59. The fourth-order valence-electron chi connectivity index (χ4n) is 2.41. The summed E-state index contributed by atoms with van der Waals surface area (Å²) in [4.78, 5) is 13.8. The van der Waals surface area contributed by atoms with Crippen LogP contribution < -0.4 is 5.32 Å². The van der Waals surface area contributed by atoms with Gasteiger partial charge in [-0.2, -0.15) is 0 Å². The van der Waals surface area contributed by atoms with E-state index in [2.05, 4.69) is 5.32 Å². The smallest absolute Gasteiger partial charge is 0.410 e. The van der Waals surface area contributed by atoms with Gasteiger partial charge in [0.05, 0.1) is 12.1 Å². The van der Waals surface area contributed by atoms with Crippen LogP contribution in [0.25, 0.3) is 0 Å². The van der Waals surface area contributed by atoms with Crippen molar-refractivity contribution in [1.82, 2.24) is 10.2 Å². The maximum Gasteiger partial charge on any atom is 0.410 e. The van der Waals surface area contributed by atoms with Gasteiger partial charge < -0.3 is 19.7 Å². The molecule has 2 atom stereocenters. The summed E-state index contributed by atoms with van der Waals surface area (Å²) in [6.07, 6.45) is 1.95. The van der Waals surface area contributed by atoms with Gasteiger partial charge in [0, 0.05) is 19.7 Å². The Labute approximate surface area is 109 Å². The number of nitrogens with zero attached hydrogens (tertiary/aromatic N) is 1. The minimum atomic E-state index is -0.429. The number of fused-ring (bicyclic) bond motifs is 1. The number of nitrogens with one attached hydrogen (secondary N) is 1. The number of hydrogen-bond acceptors (Lipinski definition) is 4. The molecule has 104 valence electrons. The number of rotatable bonds is 0. The number of amides is 1. The summed E-state index contributed by atoms with van der Waals surface area (Å²) in [6, 6.07) is 0.244. The number of hydrogen-bond donors (Lipinski definition) is 1. The lowest BCUT2D eigenvalue weighted by molar-refractivity contribution is -0.0184. The van der Waals surface area contributed by atoms with Crippen LogP contribution in [0.5, 0.6) is 0 Å². The molecule has 18 heavy (non-hydrogen) atoms. The van der Waals surface area contributed by atoms with Crippen LogP contribution >= 0.6 is 0 Å². The van der Waals surface area contributed by atoms with E-state index < -0.39 is 5.60 Å². The largest absolute Gasteiger partial charge is 0.444 e. The van der Waals surface area contributed by atoms with Crippen LogP contribution in [-0.4, -0.2) is 55.0 Å². The Hall–Kier alpha value is -0.810. The number of piperidine rings is 1. The Morgan fingerprint density at radius 1 is 1.44 bits per heavy atom. The summed E-state index contributed by atoms with van der Waals surface area (Å²) in [5.74, 6) is 0. The lowest BCUT2D eigenvalue weighted by Gasteiger charge is -2.38. The lowest BCUT2D eigenvalue weighted by Crippen LogP contribution is -2.55. The number of carbonyl (C=O) groups excluding carboxylic acids is 1. The first kappa shape index (κ1) is 13.6. The van der Waals surface area contributed by atoms with Crippen LogP contribution in [0.15, 0.2) is 0 Å². The van der Waals surface area contributed by atoms with Crippen LogP contribution in [0.3, 0.4) is 0 Å². The molecule has 2 aliphatic rings. The highest BCUT2D eigenvalue weighted by atomic mass is 16.6. The van der Waals surface area contributed by atoms with E-state index in [9.17, 15) is 4.79 Å². The topological polar surface area (TPSA) is 50.8 Å². The molecule has 0 aliphatic carbocycles. The van der Waals surface area contributed by atoms with Gasteiger partial charge in [0.15, 0.2) is 0 Å². The predicted octanol–water partition coefficient (Wildman–Crippen LogP) is 1.37. The molecule has 2 saturated heterocycles. The average Bonchev–Trinajstić information content (AvgIpc) is 2.50. The first-order chi connectivity index (χ1) is 8.46. The third-order valence-corrected chi connectivity index (χ3v) is 3.26. The van der Waals surface area contributed by atoms with E-state index in [1.807, 2.05) is 20.8 Å². The molecular formula is C13H24N2O3. The molecule has 0 aromatic heterocycles. The lowest BCUT2D eigenvalue weighted by atomic mass is 10.0. The zero-order valence-electron chi connectivity index (χ0n) is 11.6. The van der Waals surface area contributed by atoms with Crippen molar-refractivity contribution >= 4 is 6.09 Å². The first-order valence-electron chi connectivity index (χ1n) is 6.78. The van der Waals surface area contributed by atoms with Gasteiger partial charge >= 0.3 is 6.09 Å². The highest BCUT2D eigenvalue weighted by molar-refractivity contribution is 5.68. The molecule has 2 unspecified atom stereocenters. The summed E-state index contributed by atoms with van der Waals surface area (Å²) in [6.45, 7) is 8.86. The molecule has 0 aromatic rings. The molecule has 0 aromatic carbocycles. The SMILES string of the molecule is CC(C)(C)OC(=O)N1CCC2OCCCNC2C1. The zero-order chi connectivity index (χ0) is 13.2. The van der Waals surface area contributed by atoms with Crippen LogP contribution in [0.2, 0.25) is 0 Å². The molecule has 5 nitrogen and oxygen atoms in total. The number of ether oxygens (including phenoxy) is 2. The van der Waals surface area contributed by atoms with Crippen molar-refractivity contribution in [1.29, 1.82) is 0 Å². The van der Waals surface area contributed by atoms with E-state index in [1.165, 1.54) is 0 Å². The number of carbonyl (C=O) groups is 1. The van der Waals surface area contributed by atoms with E-state index in [4.69, 9.17) is 9.47 Å². The molecule has 0 spiro atoms. The summed E-state index contributed by atoms with van der Waals surface area (Å²) in [5.41, 5.74) is -0.429. The van der Waals surface area contributed by atoms with Gasteiger partial charge in [0.2, 0.25) is 0 Å². The summed E-state index contributed by atoms with van der Waals surface area (Å²) >= 11 is 0. The first-order valence-corrected chi connectivity index (χ1v) is 6.78. The minimum Gasteiger partial charge on any atom is -0.444 e. The molecule has 1 N–H and O–H groups in total. The Bertz CT molecular complexity index is 301. The number of likely N-dealkylation sites (tertiary alicyclic amines) is 1. The second kappa shape index (κ2) is 5.45. The van der Waals surface area contributed by atoms with Crippen molar-refractivity contribution in [3.05, 3.63) is 0 Å². The van der Waals surface area contributed by atoms with Crippen LogP contribution in [0.1, 0.15) is 33.6 Å². The van der Waals surface area contributed by atoms with E-state index in [0.29, 0.717) is 6.54 Å². The quantitative estimate of drug-likeness (QED) is 0.711. The molecule has 1 amide bonds. The van der Waals surface area contributed by atoms with Gasteiger partial charge in [0.1, 0.15) is 5.60 Å². The van der Waals surface area contributed by atoms with E-state index in [-0.39, 0.29) is 18.2 Å². The Morgan fingerprint density at radius 3 is 2.94 bits per heavy atom. The van der Waals surface area contributed by atoms with Crippen molar-refractivity contribution in [2.24, 2.45) is 0 Å². The van der Waals surface area contributed by atoms with Crippen LogP contribution in [-0.2, 0) is 9.47 Å². The Kier molecular flexibility index (Phi) is 4.12. The van der Waals surface area contributed by atoms with E-state index in [0.717, 1.165) is 32.5 Å². The molecule has 2 fully saturated rings. The third-order valence-electron chi connectivity index (χ3n) is 3.26. The molecule has 0 radical (unpaired) electrons. The Balaban J connectivity index is 1.91. The second-order valence-electron chi connectivity index (χ2n) is 6.04. The predicted molar refractivity (Wildman–Crippen MR) is 68.6 cm³/mol. The van der Waals surface area contributed by atoms with Crippen molar-refractivity contribution in [3.8, 4) is 0 Å². The summed E-state index contributed by atoms with van der Waals surface area (Å²) in [7, 11) is 0. The molecule has 2 rings (SSSR count). The fraction of sp³-hybridized carbons (Fsp3) is 0.923. The van der Waals surface area contributed by atoms with Gasteiger partial charge in [0.25, 0.3) is 0 Å². The van der Waals surface area contributed by atoms with E-state index in [1.54, 1.807) is 4.90 Å². The highest BCUT2D eigenvalue weighted by Gasteiger charge is 2.34. The summed E-state index contributed by atoms with van der Waals surface area (Å²) < 4.78 is 11.2. The monoisotopic (exact) mass is 256 g/mol. The van der Waals surface area contributed by atoms with Crippen LogP contribution in [0, 0.1) is 0 Å². The second-order valence-corrected chi connectivity index (χ2v) is 6.04. The van der Waals surface area contributed by atoms with Gasteiger partial charge in [-0.25, -0.2) is 4.79 Å². The minimum absolute atomic E-state index is 0.216. The fourth-order valence-corrected chi connectivity index (χ4v) is 2.41. The van der Waals surface area contributed by atoms with Crippen molar-refractivity contribution < 1.29 is 14.3 Å². The van der Waals surface area contributed by atoms with Crippen molar-refractivity contribution in [3.63, 3.8) is 0 Å². The van der Waals surface area contributed by atoms with Crippen molar-refractivity contribution in [2.45, 2.75) is 51.4 Å². The van der Waals surface area contributed by atoms with Gasteiger partial charge in [-0.15, -0.1) is 0 Å². The van der Waals surface area contributed by atoms with Crippen molar-refractivity contribution in [2.75, 3.05) is 26.2 Å². The molecule has 5 heteroatoms. The maximum absolute atomic E-state index is 12.0. The van der Waals surface area contributed by atoms with Gasteiger partial charge in [-0.3, -0.25) is 0 Å². The molecular weight excluding hydrogens is 232 g/mol. The molecule has 2 aliphatic heterocycles. The molecule has 0 saturated carbocycles. The maximum atomic E-state index is 12.0. The van der Waals surface area contributed by atoms with Gasteiger partial charge in [-0.1, -0.05) is 0 Å². The van der Waals surface area contributed by atoms with Gasteiger partial charge in [-0.05, 0) is 40.2 Å². The standard InChI is InChI=1S/C13H24N2O3/c1-13(2,3)18-12(16)15-7-5-11-10(9-15)14-6-4-8-17-11/h10-11,14H,4-9H2,1-3H3. The average molecular weight is 256 g/mol. The van der Waals surface area contributed by atoms with E-state index >= 15 is 0 Å². The molecule has 2 heterocycles. The van der Waals surface area contributed by atoms with Crippen LogP contribution in [0.4, 0.5) is 4.79 Å². The zero-order valence-corrected chi connectivity index (χ0v) is 11.6. The summed E-state index contributed by atoms with van der Waals surface area (Å²) in [5, 5.41) is 3.46. The highest BCUT2D eigenvalue weighted by Crippen LogP contribution is 2.19. The molecule has 0 bridgehead atoms. The normalized spacial score (nSPS) is 29.4.